The number of hydrogen-bond donors (Lipinski definition) is 3. The standard InChI is InChI=1S/C23H31N9O4/c1-29-13-15(11-26-29)27-20-18(19(24)33)25-12-17(28-20)31-7-2-3-16(14-31)32-10-6-23(21(32)34)4-8-30(9-5-23)22(35)36/h11-13,16H,2-10,14H2,1H3,(H2,24,33)(H,27,28)(H,35,36)/t16-/m1/s1. The van der Waals surface area contributed by atoms with E-state index in [0.29, 0.717) is 50.5 Å². The molecule has 192 valence electrons. The zero-order valence-electron chi connectivity index (χ0n) is 20.3. The van der Waals surface area contributed by atoms with Crippen molar-refractivity contribution in [2.75, 3.05) is 42.9 Å². The van der Waals surface area contributed by atoms with Crippen molar-refractivity contribution in [3.63, 3.8) is 0 Å². The van der Waals surface area contributed by atoms with Gasteiger partial charge in [0.1, 0.15) is 5.82 Å². The first-order valence-electron chi connectivity index (χ1n) is 12.2. The summed E-state index contributed by atoms with van der Waals surface area (Å²) in [6.45, 7) is 2.86. The highest BCUT2D eigenvalue weighted by molar-refractivity contribution is 5.96. The van der Waals surface area contributed by atoms with E-state index in [2.05, 4.69) is 25.3 Å². The van der Waals surface area contributed by atoms with Crippen molar-refractivity contribution in [1.29, 1.82) is 0 Å². The van der Waals surface area contributed by atoms with Crippen LogP contribution in [-0.2, 0) is 11.8 Å². The summed E-state index contributed by atoms with van der Waals surface area (Å²) in [7, 11) is 1.79. The van der Waals surface area contributed by atoms with Gasteiger partial charge in [-0.2, -0.15) is 5.10 Å². The molecule has 3 amide bonds. The molecule has 13 nitrogen and oxygen atoms in total. The average Bonchev–Trinajstić information content (AvgIpc) is 3.42. The molecule has 3 fully saturated rings. The first-order valence-corrected chi connectivity index (χ1v) is 12.2. The van der Waals surface area contributed by atoms with Gasteiger partial charge in [-0.05, 0) is 32.1 Å². The fraction of sp³-hybridized carbons (Fsp3) is 0.565. The Balaban J connectivity index is 1.30. The van der Waals surface area contributed by atoms with Crippen LogP contribution in [0.2, 0.25) is 0 Å². The number of carbonyl (C=O) groups is 3. The van der Waals surface area contributed by atoms with E-state index in [-0.39, 0.29) is 23.5 Å². The van der Waals surface area contributed by atoms with Gasteiger partial charge < -0.3 is 30.9 Å². The molecule has 3 aliphatic heterocycles. The van der Waals surface area contributed by atoms with Gasteiger partial charge in [0.15, 0.2) is 11.5 Å². The zero-order valence-corrected chi connectivity index (χ0v) is 20.3. The molecule has 0 radical (unpaired) electrons. The van der Waals surface area contributed by atoms with Crippen molar-refractivity contribution >= 4 is 35.2 Å². The van der Waals surface area contributed by atoms with Crippen LogP contribution in [0.25, 0.3) is 0 Å². The van der Waals surface area contributed by atoms with Crippen LogP contribution in [0.4, 0.5) is 22.1 Å². The van der Waals surface area contributed by atoms with Gasteiger partial charge in [-0.15, -0.1) is 0 Å². The topological polar surface area (TPSA) is 163 Å². The molecule has 2 aromatic heterocycles. The Labute approximate surface area is 208 Å². The van der Waals surface area contributed by atoms with Gasteiger partial charge in [0, 0.05) is 52.0 Å². The lowest BCUT2D eigenvalue weighted by molar-refractivity contribution is -0.140. The van der Waals surface area contributed by atoms with E-state index in [1.165, 1.54) is 4.90 Å². The van der Waals surface area contributed by atoms with Crippen LogP contribution in [0.5, 0.6) is 0 Å². The second-order valence-electron chi connectivity index (χ2n) is 9.86. The van der Waals surface area contributed by atoms with Crippen molar-refractivity contribution < 1.29 is 19.5 Å². The lowest BCUT2D eigenvalue weighted by Gasteiger charge is -2.40. The summed E-state index contributed by atoms with van der Waals surface area (Å²) in [5.41, 5.74) is 5.77. The van der Waals surface area contributed by atoms with Crippen LogP contribution in [0.3, 0.4) is 0 Å². The van der Waals surface area contributed by atoms with Crippen LogP contribution in [0.15, 0.2) is 18.6 Å². The van der Waals surface area contributed by atoms with E-state index in [9.17, 15) is 19.5 Å². The lowest BCUT2D eigenvalue weighted by Crippen LogP contribution is -2.52. The maximum absolute atomic E-state index is 13.5. The Morgan fingerprint density at radius 3 is 2.58 bits per heavy atom. The predicted octanol–water partition coefficient (Wildman–Crippen LogP) is 1.01. The van der Waals surface area contributed by atoms with Gasteiger partial charge in [0.25, 0.3) is 5.91 Å². The van der Waals surface area contributed by atoms with Gasteiger partial charge in [-0.25, -0.2) is 14.8 Å². The van der Waals surface area contributed by atoms with Crippen LogP contribution < -0.4 is 16.0 Å². The fourth-order valence-corrected chi connectivity index (χ4v) is 5.63. The number of piperidine rings is 2. The Hall–Kier alpha value is -3.90. The second kappa shape index (κ2) is 9.28. The number of rotatable bonds is 5. The molecule has 5 rings (SSSR count). The summed E-state index contributed by atoms with van der Waals surface area (Å²) in [5, 5.41) is 16.5. The molecular weight excluding hydrogens is 466 g/mol. The minimum atomic E-state index is -0.920. The van der Waals surface area contributed by atoms with E-state index in [1.54, 1.807) is 30.3 Å². The fourth-order valence-electron chi connectivity index (χ4n) is 5.63. The molecule has 0 saturated carbocycles. The summed E-state index contributed by atoms with van der Waals surface area (Å²) in [5.74, 6) is 0.330. The number of amides is 3. The number of primary amides is 1. The minimum Gasteiger partial charge on any atom is -0.465 e. The SMILES string of the molecule is Cn1cc(Nc2nc(N3CCC[C@@H](N4CCC5(CCN(C(=O)O)CC5)C4=O)C3)cnc2C(N)=O)cn1. The van der Waals surface area contributed by atoms with Crippen LogP contribution >= 0.6 is 0 Å². The Bertz CT molecular complexity index is 1170. The van der Waals surface area contributed by atoms with E-state index >= 15 is 0 Å². The van der Waals surface area contributed by atoms with Crippen LogP contribution in [0.1, 0.15) is 42.6 Å². The normalized spacial score (nSPS) is 21.8. The van der Waals surface area contributed by atoms with Crippen molar-refractivity contribution in [1.82, 2.24) is 29.5 Å². The Kier molecular flexibility index (Phi) is 6.14. The van der Waals surface area contributed by atoms with Gasteiger partial charge in [0.2, 0.25) is 5.91 Å². The number of nitrogens with zero attached hydrogens (tertiary/aromatic N) is 7. The number of likely N-dealkylation sites (tertiary alicyclic amines) is 2. The number of aromatic nitrogens is 4. The van der Waals surface area contributed by atoms with E-state index in [0.717, 1.165) is 25.8 Å². The predicted molar refractivity (Wildman–Crippen MR) is 130 cm³/mol. The molecule has 3 aliphatic rings. The van der Waals surface area contributed by atoms with Crippen LogP contribution in [-0.4, -0.2) is 91.3 Å². The first-order chi connectivity index (χ1) is 17.3. The summed E-state index contributed by atoms with van der Waals surface area (Å²) in [6, 6.07) is 0.0375. The average molecular weight is 498 g/mol. The summed E-state index contributed by atoms with van der Waals surface area (Å²) in [4.78, 5) is 51.2. The Morgan fingerprint density at radius 1 is 1.17 bits per heavy atom. The van der Waals surface area contributed by atoms with E-state index in [4.69, 9.17) is 5.73 Å². The van der Waals surface area contributed by atoms with E-state index < -0.39 is 17.4 Å². The number of aryl methyl sites for hydroxylation is 1. The van der Waals surface area contributed by atoms with Crippen molar-refractivity contribution in [2.24, 2.45) is 18.2 Å². The highest BCUT2D eigenvalue weighted by Gasteiger charge is 2.50. The summed E-state index contributed by atoms with van der Waals surface area (Å²) < 4.78 is 1.63. The van der Waals surface area contributed by atoms with Crippen molar-refractivity contribution in [3.8, 4) is 0 Å². The molecule has 36 heavy (non-hydrogen) atoms. The van der Waals surface area contributed by atoms with Gasteiger partial charge >= 0.3 is 6.09 Å². The molecule has 0 aliphatic carbocycles. The molecule has 1 spiro atoms. The third-order valence-electron chi connectivity index (χ3n) is 7.66. The largest absolute Gasteiger partial charge is 0.465 e. The lowest BCUT2D eigenvalue weighted by atomic mass is 9.77. The first kappa shape index (κ1) is 23.8. The van der Waals surface area contributed by atoms with Crippen molar-refractivity contribution in [3.05, 3.63) is 24.3 Å². The second-order valence-corrected chi connectivity index (χ2v) is 9.86. The number of carbonyl (C=O) groups excluding carboxylic acids is 2. The van der Waals surface area contributed by atoms with Gasteiger partial charge in [-0.3, -0.25) is 14.3 Å². The minimum absolute atomic E-state index is 0.0375. The molecular formula is C23H31N9O4. The molecule has 0 unspecified atom stereocenters. The number of carboxylic acid groups (broad SMARTS) is 1. The number of hydrogen-bond acceptors (Lipinski definition) is 8. The molecule has 1 atom stereocenters. The smallest absolute Gasteiger partial charge is 0.407 e. The molecule has 0 aromatic carbocycles. The summed E-state index contributed by atoms with van der Waals surface area (Å²) in [6.07, 6.45) is 7.71. The van der Waals surface area contributed by atoms with Gasteiger partial charge in [0.05, 0.1) is 23.5 Å². The zero-order chi connectivity index (χ0) is 25.4. The third kappa shape index (κ3) is 4.40. The summed E-state index contributed by atoms with van der Waals surface area (Å²) >= 11 is 0. The highest BCUT2D eigenvalue weighted by Crippen LogP contribution is 2.43. The molecule has 5 heterocycles. The van der Waals surface area contributed by atoms with Crippen LogP contribution in [0, 0.1) is 5.41 Å². The van der Waals surface area contributed by atoms with E-state index in [1.807, 2.05) is 4.90 Å². The molecule has 2 aromatic rings. The maximum atomic E-state index is 13.5. The molecule has 13 heteroatoms. The monoisotopic (exact) mass is 497 g/mol. The molecule has 4 N–H and O–H groups in total. The molecule has 0 bridgehead atoms. The maximum Gasteiger partial charge on any atom is 0.407 e. The highest BCUT2D eigenvalue weighted by atomic mass is 16.4. The van der Waals surface area contributed by atoms with Gasteiger partial charge in [-0.1, -0.05) is 0 Å². The number of anilines is 3. The molecule has 3 saturated heterocycles. The quantitative estimate of drug-likeness (QED) is 0.547. The van der Waals surface area contributed by atoms with Crippen molar-refractivity contribution in [2.45, 2.75) is 38.1 Å². The number of nitrogens with two attached hydrogens (primary N) is 1. The third-order valence-corrected chi connectivity index (χ3v) is 7.66. The Morgan fingerprint density at radius 2 is 1.92 bits per heavy atom. The number of nitrogens with one attached hydrogen (secondary N) is 1.